The van der Waals surface area contributed by atoms with Gasteiger partial charge in [0.2, 0.25) is 5.91 Å². The zero-order chi connectivity index (χ0) is 17.5. The van der Waals surface area contributed by atoms with Crippen molar-refractivity contribution in [2.75, 3.05) is 12.4 Å². The van der Waals surface area contributed by atoms with Gasteiger partial charge in [0.15, 0.2) is 0 Å². The van der Waals surface area contributed by atoms with Gasteiger partial charge in [0.25, 0.3) is 0 Å². The minimum atomic E-state index is -0.0581. The molecule has 0 aliphatic heterocycles. The van der Waals surface area contributed by atoms with Gasteiger partial charge in [-0.2, -0.15) is 0 Å². The summed E-state index contributed by atoms with van der Waals surface area (Å²) >= 11 is 0. The molecule has 2 rings (SSSR count). The lowest BCUT2D eigenvalue weighted by Gasteiger charge is -2.22. The molecule has 0 heterocycles. The molecule has 0 aromatic heterocycles. The summed E-state index contributed by atoms with van der Waals surface area (Å²) in [5.41, 5.74) is 3.17. The highest BCUT2D eigenvalue weighted by atomic mass is 16.5. The van der Waals surface area contributed by atoms with Crippen LogP contribution in [0.4, 0.5) is 5.69 Å². The molecule has 0 radical (unpaired) electrons. The Hall–Kier alpha value is -2.33. The van der Waals surface area contributed by atoms with E-state index in [1.807, 2.05) is 36.4 Å². The van der Waals surface area contributed by atoms with Crippen molar-refractivity contribution >= 4 is 11.6 Å². The number of carbonyl (C=O) groups is 1. The van der Waals surface area contributed by atoms with Crippen LogP contribution < -0.4 is 15.4 Å². The van der Waals surface area contributed by atoms with Crippen molar-refractivity contribution in [2.45, 2.75) is 39.3 Å². The van der Waals surface area contributed by atoms with Gasteiger partial charge in [-0.15, -0.1) is 0 Å². The number of benzene rings is 2. The van der Waals surface area contributed by atoms with Gasteiger partial charge in [-0.3, -0.25) is 4.79 Å². The minimum absolute atomic E-state index is 0.0581. The van der Waals surface area contributed by atoms with E-state index in [1.54, 1.807) is 7.11 Å². The normalized spacial score (nSPS) is 13.2. The third kappa shape index (κ3) is 5.10. The van der Waals surface area contributed by atoms with Crippen LogP contribution in [0.3, 0.4) is 0 Å². The van der Waals surface area contributed by atoms with E-state index in [0.29, 0.717) is 6.04 Å². The molecule has 2 aromatic rings. The zero-order valence-corrected chi connectivity index (χ0v) is 14.8. The summed E-state index contributed by atoms with van der Waals surface area (Å²) in [5, 5.41) is 6.43. The van der Waals surface area contributed by atoms with Crippen LogP contribution in [0.2, 0.25) is 0 Å². The molecule has 0 fully saturated rings. The van der Waals surface area contributed by atoms with Crippen LogP contribution in [0.5, 0.6) is 5.75 Å². The Labute approximate surface area is 144 Å². The fourth-order valence-corrected chi connectivity index (χ4v) is 2.87. The number of ether oxygens (including phenoxy) is 1. The van der Waals surface area contributed by atoms with E-state index in [9.17, 15) is 4.79 Å². The Morgan fingerprint density at radius 2 is 1.88 bits per heavy atom. The third-order valence-electron chi connectivity index (χ3n) is 3.96. The molecular formula is C20H26N2O2. The highest BCUT2D eigenvalue weighted by Crippen LogP contribution is 2.21. The van der Waals surface area contributed by atoms with Crippen molar-refractivity contribution in [1.82, 2.24) is 5.32 Å². The molecule has 1 amide bonds. The minimum Gasteiger partial charge on any atom is -0.496 e. The quantitative estimate of drug-likeness (QED) is 0.810. The predicted octanol–water partition coefficient (Wildman–Crippen LogP) is 3.94. The van der Waals surface area contributed by atoms with Gasteiger partial charge in [-0.05, 0) is 49.6 Å². The number of amides is 1. The maximum atomic E-state index is 11.2. The maximum Gasteiger partial charge on any atom is 0.221 e. The number of methoxy groups -OCH3 is 1. The Morgan fingerprint density at radius 1 is 1.12 bits per heavy atom. The molecule has 2 unspecified atom stereocenters. The number of para-hydroxylation sites is 1. The lowest BCUT2D eigenvalue weighted by atomic mass is 10.0. The van der Waals surface area contributed by atoms with E-state index in [1.165, 1.54) is 12.5 Å². The first kappa shape index (κ1) is 18.0. The molecule has 0 bridgehead atoms. The van der Waals surface area contributed by atoms with Crippen LogP contribution >= 0.6 is 0 Å². The van der Waals surface area contributed by atoms with Crippen molar-refractivity contribution in [3.63, 3.8) is 0 Å². The lowest BCUT2D eigenvalue weighted by molar-refractivity contribution is -0.114. The molecule has 2 aromatic carbocycles. The summed E-state index contributed by atoms with van der Waals surface area (Å²) in [5.74, 6) is 0.865. The Bertz CT molecular complexity index is 685. The van der Waals surface area contributed by atoms with Gasteiger partial charge >= 0.3 is 0 Å². The fourth-order valence-electron chi connectivity index (χ4n) is 2.87. The summed E-state index contributed by atoms with van der Waals surface area (Å²) in [6.07, 6.45) is 0.889. The van der Waals surface area contributed by atoms with Gasteiger partial charge in [-0.25, -0.2) is 0 Å². The molecule has 4 nitrogen and oxygen atoms in total. The molecule has 0 aliphatic carbocycles. The van der Waals surface area contributed by atoms with Gasteiger partial charge in [-0.1, -0.05) is 30.3 Å². The largest absolute Gasteiger partial charge is 0.496 e. The first-order chi connectivity index (χ1) is 11.5. The smallest absolute Gasteiger partial charge is 0.221 e. The summed E-state index contributed by atoms with van der Waals surface area (Å²) in [4.78, 5) is 11.2. The molecule has 2 atom stereocenters. The second kappa shape index (κ2) is 8.50. The van der Waals surface area contributed by atoms with Crippen LogP contribution in [-0.2, 0) is 11.2 Å². The Balaban J connectivity index is 2.01. The van der Waals surface area contributed by atoms with E-state index < -0.39 is 0 Å². The first-order valence-corrected chi connectivity index (χ1v) is 8.25. The first-order valence-electron chi connectivity index (χ1n) is 8.25. The van der Waals surface area contributed by atoms with Crippen molar-refractivity contribution in [2.24, 2.45) is 0 Å². The van der Waals surface area contributed by atoms with Crippen molar-refractivity contribution < 1.29 is 9.53 Å². The Morgan fingerprint density at radius 3 is 2.58 bits per heavy atom. The molecule has 2 N–H and O–H groups in total. The van der Waals surface area contributed by atoms with Crippen LogP contribution in [0.25, 0.3) is 0 Å². The molecular weight excluding hydrogens is 300 g/mol. The number of rotatable bonds is 7. The molecule has 0 spiro atoms. The number of nitrogens with one attached hydrogen (secondary N) is 2. The van der Waals surface area contributed by atoms with E-state index in [0.717, 1.165) is 23.4 Å². The summed E-state index contributed by atoms with van der Waals surface area (Å²) in [7, 11) is 1.70. The van der Waals surface area contributed by atoms with Gasteiger partial charge in [0.1, 0.15) is 5.75 Å². The van der Waals surface area contributed by atoms with Crippen LogP contribution in [0.1, 0.15) is 37.9 Å². The lowest BCUT2D eigenvalue weighted by Crippen LogP contribution is -2.30. The third-order valence-corrected chi connectivity index (χ3v) is 3.96. The monoisotopic (exact) mass is 326 g/mol. The van der Waals surface area contributed by atoms with Crippen LogP contribution in [-0.4, -0.2) is 19.1 Å². The number of anilines is 1. The predicted molar refractivity (Wildman–Crippen MR) is 98.5 cm³/mol. The molecule has 24 heavy (non-hydrogen) atoms. The SMILES string of the molecule is COc1ccccc1CC(C)NC(C)c1cccc(NC(C)=O)c1. The highest BCUT2D eigenvalue weighted by molar-refractivity contribution is 5.88. The second-order valence-electron chi connectivity index (χ2n) is 6.11. The van der Waals surface area contributed by atoms with Gasteiger partial charge in [0.05, 0.1) is 7.11 Å². The van der Waals surface area contributed by atoms with Crippen molar-refractivity contribution in [1.29, 1.82) is 0 Å². The van der Waals surface area contributed by atoms with E-state index in [-0.39, 0.29) is 11.9 Å². The Kier molecular flexibility index (Phi) is 6.38. The summed E-state index contributed by atoms with van der Waals surface area (Å²) in [6, 6.07) is 16.5. The average molecular weight is 326 g/mol. The van der Waals surface area contributed by atoms with Crippen LogP contribution in [0.15, 0.2) is 48.5 Å². The van der Waals surface area contributed by atoms with E-state index in [2.05, 4.69) is 36.6 Å². The number of hydrogen-bond acceptors (Lipinski definition) is 3. The standard InChI is InChI=1S/C20H26N2O2/c1-14(12-18-8-5-6-11-20(18)24-4)21-15(2)17-9-7-10-19(13-17)22-16(3)23/h5-11,13-15,21H,12H2,1-4H3,(H,22,23). The fraction of sp³-hybridized carbons (Fsp3) is 0.350. The van der Waals surface area contributed by atoms with E-state index >= 15 is 0 Å². The van der Waals surface area contributed by atoms with E-state index in [4.69, 9.17) is 4.74 Å². The summed E-state index contributed by atoms with van der Waals surface area (Å²) in [6.45, 7) is 5.82. The molecule has 0 saturated heterocycles. The average Bonchev–Trinajstić information content (AvgIpc) is 2.55. The zero-order valence-electron chi connectivity index (χ0n) is 14.8. The van der Waals surface area contributed by atoms with Gasteiger partial charge < -0.3 is 15.4 Å². The van der Waals surface area contributed by atoms with Crippen molar-refractivity contribution in [3.05, 3.63) is 59.7 Å². The highest BCUT2D eigenvalue weighted by Gasteiger charge is 2.12. The molecule has 0 saturated carbocycles. The molecule has 128 valence electrons. The van der Waals surface area contributed by atoms with Crippen LogP contribution in [0, 0.1) is 0 Å². The molecule has 4 heteroatoms. The number of carbonyl (C=O) groups excluding carboxylic acids is 1. The maximum absolute atomic E-state index is 11.2. The van der Waals surface area contributed by atoms with Gasteiger partial charge in [0, 0.05) is 24.7 Å². The topological polar surface area (TPSA) is 50.4 Å². The summed E-state index contributed by atoms with van der Waals surface area (Å²) < 4.78 is 5.42. The van der Waals surface area contributed by atoms with Crippen molar-refractivity contribution in [3.8, 4) is 5.75 Å². The molecule has 0 aliphatic rings. The number of hydrogen-bond donors (Lipinski definition) is 2. The second-order valence-corrected chi connectivity index (χ2v) is 6.11.